The summed E-state index contributed by atoms with van der Waals surface area (Å²) in [7, 11) is 0. The monoisotopic (exact) mass is 488 g/mol. The molecular formula is C35H36O2. The van der Waals surface area contributed by atoms with Gasteiger partial charge in [0.05, 0.1) is 0 Å². The molecule has 2 nitrogen and oxygen atoms in total. The first kappa shape index (κ1) is 23.9. The van der Waals surface area contributed by atoms with Crippen molar-refractivity contribution in [3.8, 4) is 11.5 Å². The van der Waals surface area contributed by atoms with Gasteiger partial charge >= 0.3 is 0 Å². The average Bonchev–Trinajstić information content (AvgIpc) is 2.94. The van der Waals surface area contributed by atoms with E-state index in [1.54, 1.807) is 0 Å². The van der Waals surface area contributed by atoms with E-state index in [0.29, 0.717) is 5.92 Å². The number of unbranched alkanes of at least 4 members (excludes halogenated alkanes) is 5. The van der Waals surface area contributed by atoms with Gasteiger partial charge in [0.1, 0.15) is 11.5 Å². The second kappa shape index (κ2) is 10.1. The van der Waals surface area contributed by atoms with Crippen molar-refractivity contribution in [1.82, 2.24) is 0 Å². The Kier molecular flexibility index (Phi) is 6.50. The van der Waals surface area contributed by atoms with Gasteiger partial charge in [0, 0.05) is 23.3 Å². The first-order valence-corrected chi connectivity index (χ1v) is 14.0. The first-order valence-electron chi connectivity index (χ1n) is 14.0. The molecule has 0 N–H and O–H groups in total. The first-order chi connectivity index (χ1) is 18.2. The van der Waals surface area contributed by atoms with Gasteiger partial charge in [-0.15, -0.1) is 0 Å². The summed E-state index contributed by atoms with van der Waals surface area (Å²) in [6.07, 6.45) is 15.6. The average molecular weight is 489 g/mol. The molecule has 0 bridgehead atoms. The molecule has 2 unspecified atom stereocenters. The van der Waals surface area contributed by atoms with E-state index in [-0.39, 0.29) is 0 Å². The summed E-state index contributed by atoms with van der Waals surface area (Å²) in [5.41, 5.74) is 3.68. The maximum absolute atomic E-state index is 6.70. The van der Waals surface area contributed by atoms with Crippen molar-refractivity contribution in [3.05, 3.63) is 96.1 Å². The molecule has 37 heavy (non-hydrogen) atoms. The van der Waals surface area contributed by atoms with E-state index in [1.165, 1.54) is 77.6 Å². The fraction of sp³-hybridized carbons (Fsp3) is 0.314. The van der Waals surface area contributed by atoms with E-state index in [1.807, 2.05) is 0 Å². The minimum atomic E-state index is -0.935. The van der Waals surface area contributed by atoms with Crippen LogP contribution in [-0.2, 0) is 0 Å². The molecule has 0 saturated heterocycles. The second-order valence-corrected chi connectivity index (χ2v) is 10.7. The Bertz CT molecular complexity index is 1490. The zero-order valence-electron chi connectivity index (χ0n) is 22.0. The molecule has 4 aromatic carbocycles. The third-order valence-corrected chi connectivity index (χ3v) is 8.01. The smallest absolute Gasteiger partial charge is 0.292 e. The summed E-state index contributed by atoms with van der Waals surface area (Å²) in [5.74, 6) is 1.24. The quantitative estimate of drug-likeness (QED) is 0.230. The van der Waals surface area contributed by atoms with Crippen LogP contribution in [0.15, 0.2) is 84.9 Å². The summed E-state index contributed by atoms with van der Waals surface area (Å²) in [6.45, 7) is 4.65. The number of hydrogen-bond donors (Lipinski definition) is 0. The van der Waals surface area contributed by atoms with Crippen LogP contribution in [0.5, 0.6) is 11.5 Å². The second-order valence-electron chi connectivity index (χ2n) is 10.7. The lowest BCUT2D eigenvalue weighted by molar-refractivity contribution is -0.0314. The summed E-state index contributed by atoms with van der Waals surface area (Å²) in [5, 5.41) is 4.92. The van der Waals surface area contributed by atoms with Gasteiger partial charge in [-0.1, -0.05) is 113 Å². The van der Waals surface area contributed by atoms with Crippen molar-refractivity contribution in [2.24, 2.45) is 5.92 Å². The van der Waals surface area contributed by atoms with Crippen molar-refractivity contribution in [3.63, 3.8) is 0 Å². The molecule has 0 amide bonds. The van der Waals surface area contributed by atoms with Crippen LogP contribution < -0.4 is 9.47 Å². The largest absolute Gasteiger partial charge is 0.445 e. The van der Waals surface area contributed by atoms with Crippen LogP contribution in [0.1, 0.15) is 69.9 Å². The van der Waals surface area contributed by atoms with Crippen LogP contribution in [0.25, 0.3) is 33.2 Å². The molecule has 2 atom stereocenters. The van der Waals surface area contributed by atoms with Crippen molar-refractivity contribution in [2.45, 2.75) is 64.6 Å². The fourth-order valence-electron chi connectivity index (χ4n) is 5.97. The number of allylic oxidation sites excluding steroid dienone is 1. The molecule has 2 aliphatic heterocycles. The normalized spacial score (nSPS) is 18.7. The highest BCUT2D eigenvalue weighted by atomic mass is 16.7. The van der Waals surface area contributed by atoms with Crippen LogP contribution in [0.2, 0.25) is 0 Å². The fourth-order valence-corrected chi connectivity index (χ4v) is 5.97. The minimum absolute atomic E-state index is 0.409. The number of rotatable bonds is 8. The van der Waals surface area contributed by atoms with Gasteiger partial charge in [-0.2, -0.15) is 0 Å². The predicted molar refractivity (Wildman–Crippen MR) is 156 cm³/mol. The lowest BCUT2D eigenvalue weighted by Gasteiger charge is -2.38. The zero-order valence-corrected chi connectivity index (χ0v) is 22.0. The third kappa shape index (κ3) is 4.55. The standard InChI is InChI=1S/C35H36O2/c1-3-4-5-6-7-8-13-25(2)31-24-35(37-33-21-19-27-15-10-12-17-29(27)34(31)33)23-22-30-28-16-11-9-14-26(28)18-20-32(30)36-35/h9-12,14-25H,3-8,13H2,1-2H3. The molecule has 6 rings (SSSR count). The van der Waals surface area contributed by atoms with Gasteiger partial charge in [0.2, 0.25) is 0 Å². The Morgan fingerprint density at radius 3 is 2.16 bits per heavy atom. The number of benzene rings is 4. The van der Waals surface area contributed by atoms with Crippen molar-refractivity contribution >= 4 is 33.2 Å². The molecule has 0 aliphatic carbocycles. The molecular weight excluding hydrogens is 452 g/mol. The van der Waals surface area contributed by atoms with Gasteiger partial charge < -0.3 is 9.47 Å². The predicted octanol–water partition coefficient (Wildman–Crippen LogP) is 9.96. The number of hydrogen-bond acceptors (Lipinski definition) is 2. The molecule has 2 aliphatic rings. The SMILES string of the molecule is CCCCCCCCC(C)C1=CC2(C=Cc3c(ccc4ccccc34)O2)Oc2ccc3ccccc3c21. The highest BCUT2D eigenvalue weighted by molar-refractivity contribution is 5.98. The zero-order chi connectivity index (χ0) is 25.2. The Morgan fingerprint density at radius 2 is 1.35 bits per heavy atom. The molecule has 2 heteroatoms. The van der Waals surface area contributed by atoms with Gasteiger partial charge in [-0.3, -0.25) is 0 Å². The molecule has 0 saturated carbocycles. The van der Waals surface area contributed by atoms with Crippen molar-refractivity contribution < 1.29 is 9.47 Å². The molecule has 2 heterocycles. The van der Waals surface area contributed by atoms with Gasteiger partial charge in [-0.05, 0) is 57.7 Å². The summed E-state index contributed by atoms with van der Waals surface area (Å²) >= 11 is 0. The maximum Gasteiger partial charge on any atom is 0.292 e. The van der Waals surface area contributed by atoms with Gasteiger partial charge in [0.25, 0.3) is 5.79 Å². The highest BCUT2D eigenvalue weighted by Crippen LogP contribution is 2.47. The Hall–Kier alpha value is -3.52. The third-order valence-electron chi connectivity index (χ3n) is 8.01. The molecule has 1 spiro atoms. The minimum Gasteiger partial charge on any atom is -0.445 e. The van der Waals surface area contributed by atoms with E-state index in [4.69, 9.17) is 9.47 Å². The molecule has 4 aromatic rings. The van der Waals surface area contributed by atoms with Crippen molar-refractivity contribution in [1.29, 1.82) is 0 Å². The van der Waals surface area contributed by atoms with E-state index in [2.05, 4.69) is 105 Å². The van der Waals surface area contributed by atoms with E-state index in [0.717, 1.165) is 17.1 Å². The Morgan fingerprint density at radius 1 is 0.703 bits per heavy atom. The van der Waals surface area contributed by atoms with Crippen LogP contribution in [0.4, 0.5) is 0 Å². The maximum atomic E-state index is 6.70. The van der Waals surface area contributed by atoms with E-state index >= 15 is 0 Å². The topological polar surface area (TPSA) is 18.5 Å². The Balaban J connectivity index is 1.37. The lowest BCUT2D eigenvalue weighted by atomic mass is 9.83. The number of ether oxygens (including phenoxy) is 2. The van der Waals surface area contributed by atoms with Gasteiger partial charge in [-0.25, -0.2) is 0 Å². The van der Waals surface area contributed by atoms with Crippen LogP contribution in [-0.4, -0.2) is 5.79 Å². The summed E-state index contributed by atoms with van der Waals surface area (Å²) < 4.78 is 13.4. The molecule has 0 fully saturated rings. The summed E-state index contributed by atoms with van der Waals surface area (Å²) in [4.78, 5) is 0. The summed E-state index contributed by atoms with van der Waals surface area (Å²) in [6, 6.07) is 25.6. The molecule has 188 valence electrons. The highest BCUT2D eigenvalue weighted by Gasteiger charge is 2.39. The molecule has 0 aromatic heterocycles. The van der Waals surface area contributed by atoms with Crippen molar-refractivity contribution in [2.75, 3.05) is 0 Å². The van der Waals surface area contributed by atoms with Crippen LogP contribution in [0.3, 0.4) is 0 Å². The van der Waals surface area contributed by atoms with E-state index in [9.17, 15) is 0 Å². The molecule has 0 radical (unpaired) electrons. The van der Waals surface area contributed by atoms with E-state index < -0.39 is 5.79 Å². The lowest BCUT2D eigenvalue weighted by Crippen LogP contribution is -2.42. The van der Waals surface area contributed by atoms with Crippen LogP contribution >= 0.6 is 0 Å². The number of fused-ring (bicyclic) bond motifs is 6. The van der Waals surface area contributed by atoms with Crippen LogP contribution in [0, 0.1) is 5.92 Å². The Labute approximate surface area is 220 Å². The van der Waals surface area contributed by atoms with Gasteiger partial charge in [0.15, 0.2) is 0 Å².